The summed E-state index contributed by atoms with van der Waals surface area (Å²) in [5.41, 5.74) is 2.37. The minimum Gasteiger partial charge on any atom is -0.382 e. The molecule has 0 radical (unpaired) electrons. The summed E-state index contributed by atoms with van der Waals surface area (Å²) in [6.45, 7) is 1.09. The summed E-state index contributed by atoms with van der Waals surface area (Å²) in [5, 5.41) is 3.53. The van der Waals surface area contributed by atoms with Gasteiger partial charge in [0.05, 0.1) is 17.6 Å². The lowest BCUT2D eigenvalue weighted by atomic mass is 10.1. The van der Waals surface area contributed by atoms with Gasteiger partial charge >= 0.3 is 0 Å². The normalized spacial score (nSPS) is 16.4. The zero-order chi connectivity index (χ0) is 11.4. The van der Waals surface area contributed by atoms with Gasteiger partial charge in [0.25, 0.3) is 0 Å². The van der Waals surface area contributed by atoms with Gasteiger partial charge in [-0.15, -0.1) is 0 Å². The Balaban J connectivity index is 1.97. The molecule has 0 aliphatic heterocycles. The van der Waals surface area contributed by atoms with Gasteiger partial charge in [0.2, 0.25) is 0 Å². The van der Waals surface area contributed by atoms with Crippen molar-refractivity contribution in [3.8, 4) is 0 Å². The molecular formula is C13H21N3. The van der Waals surface area contributed by atoms with Gasteiger partial charge in [0, 0.05) is 26.8 Å². The molecule has 1 heterocycles. The van der Waals surface area contributed by atoms with Gasteiger partial charge in [-0.25, -0.2) is 0 Å². The van der Waals surface area contributed by atoms with Crippen molar-refractivity contribution in [3.63, 3.8) is 0 Å². The Labute approximate surface area is 97.9 Å². The highest BCUT2D eigenvalue weighted by Gasteiger charge is 2.15. The molecule has 3 heteroatoms. The summed E-state index contributed by atoms with van der Waals surface area (Å²) in [6, 6.07) is 2.05. The van der Waals surface area contributed by atoms with E-state index in [0.717, 1.165) is 18.2 Å². The summed E-state index contributed by atoms with van der Waals surface area (Å²) >= 11 is 0. The molecule has 0 bridgehead atoms. The minimum atomic E-state index is 0.857. The summed E-state index contributed by atoms with van der Waals surface area (Å²) in [7, 11) is 4.13. The minimum absolute atomic E-state index is 0.857. The van der Waals surface area contributed by atoms with Crippen LogP contribution in [-0.4, -0.2) is 25.6 Å². The van der Waals surface area contributed by atoms with Crippen LogP contribution in [0.1, 0.15) is 25.7 Å². The highest BCUT2D eigenvalue weighted by Crippen LogP contribution is 2.27. The van der Waals surface area contributed by atoms with Crippen molar-refractivity contribution in [3.05, 3.63) is 18.5 Å². The first-order valence-electron chi connectivity index (χ1n) is 6.12. The van der Waals surface area contributed by atoms with Crippen LogP contribution in [0.2, 0.25) is 0 Å². The van der Waals surface area contributed by atoms with E-state index in [1.807, 2.05) is 12.4 Å². The highest BCUT2D eigenvalue weighted by atomic mass is 15.1. The molecule has 3 nitrogen and oxygen atoms in total. The smallest absolute Gasteiger partial charge is 0.0764 e. The molecule has 2 rings (SSSR count). The van der Waals surface area contributed by atoms with E-state index in [0.29, 0.717) is 0 Å². The second kappa shape index (κ2) is 5.19. The van der Waals surface area contributed by atoms with E-state index in [1.54, 1.807) is 0 Å². The molecule has 1 aromatic heterocycles. The molecular weight excluding hydrogens is 198 g/mol. The molecule has 1 aliphatic carbocycles. The van der Waals surface area contributed by atoms with Crippen LogP contribution in [0.3, 0.4) is 0 Å². The average Bonchev–Trinajstić information content (AvgIpc) is 2.79. The number of nitrogens with one attached hydrogen (secondary N) is 1. The number of aromatic nitrogens is 1. The Morgan fingerprint density at radius 3 is 2.81 bits per heavy atom. The summed E-state index contributed by atoms with van der Waals surface area (Å²) < 4.78 is 0. The molecule has 0 unspecified atom stereocenters. The number of nitrogens with zero attached hydrogens (tertiary/aromatic N) is 2. The number of hydrogen-bond acceptors (Lipinski definition) is 3. The molecule has 0 atom stereocenters. The second-order valence-corrected chi connectivity index (χ2v) is 4.82. The first-order chi connectivity index (χ1) is 7.77. The van der Waals surface area contributed by atoms with E-state index >= 15 is 0 Å². The van der Waals surface area contributed by atoms with E-state index in [9.17, 15) is 0 Å². The van der Waals surface area contributed by atoms with Crippen LogP contribution in [0.25, 0.3) is 0 Å². The average molecular weight is 219 g/mol. The van der Waals surface area contributed by atoms with Crippen molar-refractivity contribution in [2.24, 2.45) is 5.92 Å². The fourth-order valence-electron chi connectivity index (χ4n) is 2.38. The van der Waals surface area contributed by atoms with Crippen molar-refractivity contribution in [1.82, 2.24) is 4.98 Å². The molecule has 1 fully saturated rings. The van der Waals surface area contributed by atoms with Crippen LogP contribution in [0.5, 0.6) is 0 Å². The molecule has 1 aliphatic rings. The molecule has 1 saturated carbocycles. The number of rotatable bonds is 4. The zero-order valence-corrected chi connectivity index (χ0v) is 10.2. The molecule has 0 aromatic carbocycles. The lowest BCUT2D eigenvalue weighted by Crippen LogP contribution is -2.16. The Morgan fingerprint density at radius 1 is 1.38 bits per heavy atom. The number of anilines is 2. The van der Waals surface area contributed by atoms with Crippen LogP contribution >= 0.6 is 0 Å². The van der Waals surface area contributed by atoms with Crippen LogP contribution in [-0.2, 0) is 0 Å². The summed E-state index contributed by atoms with van der Waals surface area (Å²) in [6.07, 6.45) is 9.33. The predicted molar refractivity (Wildman–Crippen MR) is 69.0 cm³/mol. The van der Waals surface area contributed by atoms with Gasteiger partial charge in [-0.1, -0.05) is 12.8 Å². The quantitative estimate of drug-likeness (QED) is 0.844. The van der Waals surface area contributed by atoms with Gasteiger partial charge in [-0.3, -0.25) is 4.98 Å². The predicted octanol–water partition coefficient (Wildman–Crippen LogP) is 2.75. The number of pyridine rings is 1. The topological polar surface area (TPSA) is 28.2 Å². The monoisotopic (exact) mass is 219 g/mol. The zero-order valence-electron chi connectivity index (χ0n) is 10.2. The fraction of sp³-hybridized carbons (Fsp3) is 0.615. The van der Waals surface area contributed by atoms with Crippen molar-refractivity contribution >= 4 is 11.4 Å². The van der Waals surface area contributed by atoms with Gasteiger partial charge in [-0.05, 0) is 24.8 Å². The molecule has 88 valence electrons. The highest BCUT2D eigenvalue weighted by molar-refractivity contribution is 5.68. The van der Waals surface area contributed by atoms with Crippen LogP contribution in [0.15, 0.2) is 18.5 Å². The number of hydrogen-bond donors (Lipinski definition) is 1. The third-order valence-corrected chi connectivity index (χ3v) is 3.34. The lowest BCUT2D eigenvalue weighted by molar-refractivity contribution is 0.580. The van der Waals surface area contributed by atoms with Gasteiger partial charge in [0.15, 0.2) is 0 Å². The van der Waals surface area contributed by atoms with E-state index in [2.05, 4.69) is 35.4 Å². The molecule has 1 N–H and O–H groups in total. The maximum Gasteiger partial charge on any atom is 0.0764 e. The Bertz CT molecular complexity index is 330. The maximum atomic E-state index is 4.18. The van der Waals surface area contributed by atoms with Crippen LogP contribution in [0, 0.1) is 5.92 Å². The fourth-order valence-corrected chi connectivity index (χ4v) is 2.38. The molecule has 0 saturated heterocycles. The Hall–Kier alpha value is -1.25. The summed E-state index contributed by atoms with van der Waals surface area (Å²) in [5.74, 6) is 0.857. The SMILES string of the molecule is CN(C)c1ccncc1NCC1CCCC1. The largest absolute Gasteiger partial charge is 0.382 e. The molecule has 0 amide bonds. The third kappa shape index (κ3) is 2.65. The second-order valence-electron chi connectivity index (χ2n) is 4.82. The first kappa shape index (κ1) is 11.2. The van der Waals surface area contributed by atoms with Crippen molar-refractivity contribution < 1.29 is 0 Å². The van der Waals surface area contributed by atoms with Crippen molar-refractivity contribution in [1.29, 1.82) is 0 Å². The first-order valence-corrected chi connectivity index (χ1v) is 6.12. The summed E-state index contributed by atoms with van der Waals surface area (Å²) in [4.78, 5) is 6.31. The lowest BCUT2D eigenvalue weighted by Gasteiger charge is -2.19. The Morgan fingerprint density at radius 2 is 2.12 bits per heavy atom. The van der Waals surface area contributed by atoms with Crippen LogP contribution in [0.4, 0.5) is 11.4 Å². The van der Waals surface area contributed by atoms with Crippen molar-refractivity contribution in [2.45, 2.75) is 25.7 Å². The van der Waals surface area contributed by atoms with E-state index in [1.165, 1.54) is 31.4 Å². The molecule has 0 spiro atoms. The van der Waals surface area contributed by atoms with Crippen molar-refractivity contribution in [2.75, 3.05) is 30.9 Å². The molecule has 1 aromatic rings. The van der Waals surface area contributed by atoms with Gasteiger partial charge in [-0.2, -0.15) is 0 Å². The van der Waals surface area contributed by atoms with E-state index in [-0.39, 0.29) is 0 Å². The van der Waals surface area contributed by atoms with Gasteiger partial charge < -0.3 is 10.2 Å². The van der Waals surface area contributed by atoms with Gasteiger partial charge in [0.1, 0.15) is 0 Å². The van der Waals surface area contributed by atoms with Crippen LogP contribution < -0.4 is 10.2 Å². The van der Waals surface area contributed by atoms with E-state index in [4.69, 9.17) is 0 Å². The maximum absolute atomic E-state index is 4.18. The molecule has 16 heavy (non-hydrogen) atoms. The third-order valence-electron chi connectivity index (χ3n) is 3.34. The Kier molecular flexibility index (Phi) is 3.65. The van der Waals surface area contributed by atoms with E-state index < -0.39 is 0 Å². The standard InChI is InChI=1S/C13H21N3/c1-16(2)13-7-8-14-10-12(13)15-9-11-5-3-4-6-11/h7-8,10-11,15H,3-6,9H2,1-2H3.